The minimum absolute atomic E-state index is 0.195. The van der Waals surface area contributed by atoms with E-state index in [1.807, 2.05) is 24.3 Å². The smallest absolute Gasteiger partial charge is 0.123 e. The Morgan fingerprint density at radius 1 is 1.10 bits per heavy atom. The number of furan rings is 1. The highest BCUT2D eigenvalue weighted by Gasteiger charge is 2.18. The number of hydrogen-bond acceptors (Lipinski definition) is 2. The van der Waals surface area contributed by atoms with Crippen molar-refractivity contribution in [2.24, 2.45) is 5.92 Å². The normalized spacial score (nSPS) is 14.4. The fourth-order valence-corrected chi connectivity index (χ4v) is 2.44. The molecule has 0 radical (unpaired) electrons. The molecular weight excluding hydrogens is 253 g/mol. The van der Waals surface area contributed by atoms with E-state index in [2.05, 4.69) is 26.1 Å². The van der Waals surface area contributed by atoms with Crippen LogP contribution in [0.1, 0.15) is 38.1 Å². The molecule has 0 amide bonds. The zero-order chi connectivity index (χ0) is 14.5. The molecule has 1 heterocycles. The lowest BCUT2D eigenvalue weighted by atomic mass is 9.95. The Morgan fingerprint density at radius 3 is 2.35 bits per heavy atom. The molecule has 0 aliphatic carbocycles. The second-order valence-corrected chi connectivity index (χ2v) is 5.62. The minimum Gasteiger partial charge on any atom is -0.469 e. The third-order valence-corrected chi connectivity index (χ3v) is 3.45. The summed E-state index contributed by atoms with van der Waals surface area (Å²) in [4.78, 5) is 0. The van der Waals surface area contributed by atoms with E-state index in [1.165, 1.54) is 12.1 Å². The molecule has 0 aliphatic rings. The first kappa shape index (κ1) is 14.8. The minimum atomic E-state index is -0.195. The molecule has 0 fully saturated rings. The van der Waals surface area contributed by atoms with Gasteiger partial charge in [0.05, 0.1) is 6.26 Å². The van der Waals surface area contributed by atoms with Crippen LogP contribution < -0.4 is 5.32 Å². The summed E-state index contributed by atoms with van der Waals surface area (Å²) in [6.45, 7) is 6.47. The Kier molecular flexibility index (Phi) is 4.96. The molecule has 20 heavy (non-hydrogen) atoms. The van der Waals surface area contributed by atoms with Crippen molar-refractivity contribution in [2.45, 2.75) is 39.3 Å². The molecule has 3 heteroatoms. The number of hydrogen-bond donors (Lipinski definition) is 1. The van der Waals surface area contributed by atoms with Crippen molar-refractivity contribution in [3.63, 3.8) is 0 Å². The molecule has 1 aromatic carbocycles. The van der Waals surface area contributed by atoms with Crippen LogP contribution in [0.15, 0.2) is 47.1 Å². The zero-order valence-corrected chi connectivity index (χ0v) is 12.3. The highest BCUT2D eigenvalue weighted by Crippen LogP contribution is 2.23. The maximum atomic E-state index is 13.0. The van der Waals surface area contributed by atoms with Crippen LogP contribution in [-0.4, -0.2) is 6.04 Å². The maximum absolute atomic E-state index is 13.0. The van der Waals surface area contributed by atoms with Gasteiger partial charge in [-0.15, -0.1) is 0 Å². The van der Waals surface area contributed by atoms with Gasteiger partial charge in [-0.25, -0.2) is 4.39 Å². The first-order valence-corrected chi connectivity index (χ1v) is 7.10. The van der Waals surface area contributed by atoms with Crippen LogP contribution in [0.25, 0.3) is 0 Å². The fourth-order valence-electron chi connectivity index (χ4n) is 2.44. The Balaban J connectivity index is 2.03. The first-order valence-electron chi connectivity index (χ1n) is 7.10. The second-order valence-electron chi connectivity index (χ2n) is 5.62. The van der Waals surface area contributed by atoms with Crippen molar-refractivity contribution < 1.29 is 8.81 Å². The van der Waals surface area contributed by atoms with E-state index in [4.69, 9.17) is 4.42 Å². The summed E-state index contributed by atoms with van der Waals surface area (Å²) in [5.41, 5.74) is 1.12. The molecule has 2 atom stereocenters. The Bertz CT molecular complexity index is 504. The van der Waals surface area contributed by atoms with Gasteiger partial charge in [0.25, 0.3) is 0 Å². The largest absolute Gasteiger partial charge is 0.469 e. The molecule has 108 valence electrons. The van der Waals surface area contributed by atoms with Gasteiger partial charge in [-0.3, -0.25) is 0 Å². The molecule has 1 aromatic heterocycles. The van der Waals surface area contributed by atoms with Crippen LogP contribution in [0.4, 0.5) is 4.39 Å². The van der Waals surface area contributed by atoms with Crippen LogP contribution in [-0.2, 0) is 6.42 Å². The van der Waals surface area contributed by atoms with Crippen molar-refractivity contribution in [2.75, 3.05) is 0 Å². The summed E-state index contributed by atoms with van der Waals surface area (Å²) >= 11 is 0. The monoisotopic (exact) mass is 275 g/mol. The Morgan fingerprint density at radius 2 is 1.80 bits per heavy atom. The molecule has 0 saturated carbocycles. The highest BCUT2D eigenvalue weighted by atomic mass is 19.1. The van der Waals surface area contributed by atoms with E-state index in [-0.39, 0.29) is 11.9 Å². The lowest BCUT2D eigenvalue weighted by molar-refractivity contribution is 0.355. The summed E-state index contributed by atoms with van der Waals surface area (Å²) in [6.07, 6.45) is 2.54. The molecule has 1 N–H and O–H groups in total. The predicted molar refractivity (Wildman–Crippen MR) is 79.0 cm³/mol. The van der Waals surface area contributed by atoms with E-state index in [1.54, 1.807) is 6.26 Å². The third kappa shape index (κ3) is 3.94. The van der Waals surface area contributed by atoms with E-state index < -0.39 is 0 Å². The third-order valence-electron chi connectivity index (χ3n) is 3.45. The van der Waals surface area contributed by atoms with Crippen LogP contribution in [0.3, 0.4) is 0 Å². The summed E-state index contributed by atoms with van der Waals surface area (Å²) in [5.74, 6) is 1.21. The van der Waals surface area contributed by atoms with E-state index in [9.17, 15) is 4.39 Å². The number of rotatable bonds is 6. The molecule has 0 saturated heterocycles. The first-order chi connectivity index (χ1) is 9.56. The maximum Gasteiger partial charge on any atom is 0.123 e. The van der Waals surface area contributed by atoms with Gasteiger partial charge in [-0.05, 0) is 42.7 Å². The topological polar surface area (TPSA) is 25.2 Å². The van der Waals surface area contributed by atoms with E-state index in [0.717, 1.165) is 17.7 Å². The van der Waals surface area contributed by atoms with Crippen LogP contribution >= 0.6 is 0 Å². The summed E-state index contributed by atoms with van der Waals surface area (Å²) < 4.78 is 18.4. The number of nitrogens with one attached hydrogen (secondary N) is 1. The van der Waals surface area contributed by atoms with Crippen molar-refractivity contribution in [3.05, 3.63) is 59.8 Å². The van der Waals surface area contributed by atoms with Crippen molar-refractivity contribution in [1.29, 1.82) is 0 Å². The lowest BCUT2D eigenvalue weighted by Crippen LogP contribution is -2.34. The van der Waals surface area contributed by atoms with Crippen molar-refractivity contribution >= 4 is 0 Å². The van der Waals surface area contributed by atoms with Crippen LogP contribution in [0.2, 0.25) is 0 Å². The summed E-state index contributed by atoms with van der Waals surface area (Å²) in [7, 11) is 0. The van der Waals surface area contributed by atoms with Gasteiger partial charge in [0, 0.05) is 18.5 Å². The van der Waals surface area contributed by atoms with E-state index >= 15 is 0 Å². The van der Waals surface area contributed by atoms with Crippen LogP contribution in [0, 0.1) is 11.7 Å². The van der Waals surface area contributed by atoms with Gasteiger partial charge in [0.2, 0.25) is 0 Å². The predicted octanol–water partition coefficient (Wildman–Crippen LogP) is 4.34. The molecule has 0 bridgehead atoms. The second kappa shape index (κ2) is 6.71. The number of halogens is 1. The summed E-state index contributed by atoms with van der Waals surface area (Å²) in [6, 6.07) is 11.1. The molecule has 2 aromatic rings. The average Bonchev–Trinajstić information content (AvgIpc) is 2.90. The van der Waals surface area contributed by atoms with Crippen molar-refractivity contribution in [3.8, 4) is 0 Å². The lowest BCUT2D eigenvalue weighted by Gasteiger charge is -2.26. The Labute approximate surface area is 120 Å². The van der Waals surface area contributed by atoms with E-state index in [0.29, 0.717) is 12.0 Å². The quantitative estimate of drug-likeness (QED) is 0.848. The van der Waals surface area contributed by atoms with Crippen LogP contribution in [0.5, 0.6) is 0 Å². The molecule has 2 unspecified atom stereocenters. The van der Waals surface area contributed by atoms with Gasteiger partial charge in [0.1, 0.15) is 11.6 Å². The zero-order valence-electron chi connectivity index (χ0n) is 12.3. The molecule has 0 spiro atoms. The molecule has 2 nitrogen and oxygen atoms in total. The summed E-state index contributed by atoms with van der Waals surface area (Å²) in [5, 5.41) is 3.61. The van der Waals surface area contributed by atoms with Gasteiger partial charge in [-0.1, -0.05) is 26.0 Å². The fraction of sp³-hybridized carbons (Fsp3) is 0.412. The average molecular weight is 275 g/mol. The SMILES string of the molecule is CC(Cc1ccco1)NC(c1ccc(F)cc1)C(C)C. The number of benzene rings is 1. The molecular formula is C17H22FNO. The van der Waals surface area contributed by atoms with Gasteiger partial charge in [-0.2, -0.15) is 0 Å². The molecule has 2 rings (SSSR count). The van der Waals surface area contributed by atoms with Gasteiger partial charge >= 0.3 is 0 Å². The molecule has 0 aliphatic heterocycles. The van der Waals surface area contributed by atoms with Gasteiger partial charge < -0.3 is 9.73 Å². The van der Waals surface area contributed by atoms with Gasteiger partial charge in [0.15, 0.2) is 0 Å². The van der Waals surface area contributed by atoms with Crippen molar-refractivity contribution in [1.82, 2.24) is 5.32 Å². The Hall–Kier alpha value is -1.61. The highest BCUT2D eigenvalue weighted by molar-refractivity contribution is 5.20. The standard InChI is InChI=1S/C17H22FNO/c1-12(2)17(14-6-8-15(18)9-7-14)19-13(3)11-16-5-4-10-20-16/h4-10,12-13,17,19H,11H2,1-3H3.